The molecule has 1 aromatic carbocycles. The third-order valence-electron chi connectivity index (χ3n) is 5.25. The lowest BCUT2D eigenvalue weighted by atomic mass is 9.81. The molecule has 3 atom stereocenters. The molecule has 0 spiro atoms. The Labute approximate surface area is 132 Å². The highest BCUT2D eigenvalue weighted by molar-refractivity contribution is 5.86. The maximum absolute atomic E-state index is 13.7. The van der Waals surface area contributed by atoms with Crippen LogP contribution in [-0.2, 0) is 4.79 Å². The van der Waals surface area contributed by atoms with Crippen molar-refractivity contribution in [1.29, 1.82) is 5.26 Å². The highest BCUT2D eigenvalue weighted by Crippen LogP contribution is 2.52. The summed E-state index contributed by atoms with van der Waals surface area (Å²) in [4.78, 5) is 14.2. The van der Waals surface area contributed by atoms with Crippen LogP contribution in [0, 0.1) is 22.6 Å². The second-order valence-electron chi connectivity index (χ2n) is 6.36. The minimum atomic E-state index is -2.70. The van der Waals surface area contributed by atoms with Crippen LogP contribution in [0.3, 0.4) is 0 Å². The summed E-state index contributed by atoms with van der Waals surface area (Å²) in [6, 6.07) is 5.18. The van der Waals surface area contributed by atoms with Crippen LogP contribution in [-0.4, -0.2) is 23.3 Å². The molecular formula is C17H17F3N2O. The summed E-state index contributed by atoms with van der Waals surface area (Å²) in [7, 11) is 0. The molecule has 2 aliphatic heterocycles. The maximum Gasteiger partial charge on any atom is 0.252 e. The molecule has 3 nitrogen and oxygen atoms in total. The van der Waals surface area contributed by atoms with Crippen LogP contribution in [0.4, 0.5) is 13.2 Å². The number of hydrogen-bond donors (Lipinski definition) is 0. The number of benzene rings is 1. The fraction of sp³-hybridized carbons (Fsp3) is 0.529. The minimum Gasteiger partial charge on any atom is -0.332 e. The molecule has 2 heterocycles. The Balaban J connectivity index is 1.98. The molecule has 0 N–H and O–H groups in total. The van der Waals surface area contributed by atoms with Crippen molar-refractivity contribution in [1.82, 2.24) is 4.90 Å². The van der Waals surface area contributed by atoms with E-state index >= 15 is 0 Å². The van der Waals surface area contributed by atoms with Crippen LogP contribution < -0.4 is 0 Å². The lowest BCUT2D eigenvalue weighted by Crippen LogP contribution is -2.40. The molecule has 2 saturated heterocycles. The van der Waals surface area contributed by atoms with Gasteiger partial charge >= 0.3 is 0 Å². The molecule has 23 heavy (non-hydrogen) atoms. The van der Waals surface area contributed by atoms with Gasteiger partial charge in [0.05, 0.1) is 17.7 Å². The van der Waals surface area contributed by atoms with Gasteiger partial charge in [0, 0.05) is 6.04 Å². The van der Waals surface area contributed by atoms with Crippen molar-refractivity contribution in [2.24, 2.45) is 5.41 Å². The largest absolute Gasteiger partial charge is 0.332 e. The first kappa shape index (κ1) is 15.9. The quantitative estimate of drug-likeness (QED) is 0.850. The van der Waals surface area contributed by atoms with E-state index in [0.29, 0.717) is 18.4 Å². The van der Waals surface area contributed by atoms with Crippen molar-refractivity contribution >= 4 is 5.91 Å². The molecule has 6 heteroatoms. The predicted octanol–water partition coefficient (Wildman–Crippen LogP) is 3.79. The van der Waals surface area contributed by atoms with Crippen LogP contribution in [0.15, 0.2) is 18.2 Å². The first-order chi connectivity index (χ1) is 10.9. The topological polar surface area (TPSA) is 44.1 Å². The van der Waals surface area contributed by atoms with E-state index in [0.717, 1.165) is 6.07 Å². The third-order valence-corrected chi connectivity index (χ3v) is 5.25. The van der Waals surface area contributed by atoms with E-state index in [9.17, 15) is 18.0 Å². The molecule has 0 bridgehead atoms. The van der Waals surface area contributed by atoms with E-state index in [1.807, 2.05) is 6.07 Å². The number of halogens is 3. The average molecular weight is 322 g/mol. The Bertz CT molecular complexity index is 685. The van der Waals surface area contributed by atoms with Gasteiger partial charge in [-0.25, -0.2) is 13.2 Å². The zero-order chi connectivity index (χ0) is 16.8. The zero-order valence-corrected chi connectivity index (χ0v) is 12.7. The van der Waals surface area contributed by atoms with E-state index < -0.39 is 29.6 Å². The first-order valence-electron chi connectivity index (χ1n) is 7.74. The molecule has 3 rings (SSSR count). The van der Waals surface area contributed by atoms with Gasteiger partial charge in [-0.2, -0.15) is 5.26 Å². The van der Waals surface area contributed by atoms with Crippen molar-refractivity contribution in [3.8, 4) is 6.07 Å². The van der Waals surface area contributed by atoms with Gasteiger partial charge in [0.1, 0.15) is 11.2 Å². The van der Waals surface area contributed by atoms with E-state index in [4.69, 9.17) is 5.26 Å². The summed E-state index contributed by atoms with van der Waals surface area (Å²) in [5, 5.41) is 8.97. The van der Waals surface area contributed by atoms with Gasteiger partial charge < -0.3 is 4.90 Å². The van der Waals surface area contributed by atoms with Gasteiger partial charge in [0.25, 0.3) is 6.43 Å². The molecule has 0 saturated carbocycles. The molecule has 0 aliphatic carbocycles. The predicted molar refractivity (Wildman–Crippen MR) is 77.1 cm³/mol. The Kier molecular flexibility index (Phi) is 3.83. The molecule has 2 fully saturated rings. The number of carbonyl (C=O) groups excluding carboxylic acids is 1. The molecule has 0 aromatic heterocycles. The Morgan fingerprint density at radius 3 is 2.74 bits per heavy atom. The van der Waals surface area contributed by atoms with Crippen LogP contribution in [0.2, 0.25) is 0 Å². The number of alkyl halides is 2. The number of nitriles is 1. The first-order valence-corrected chi connectivity index (χ1v) is 7.74. The fourth-order valence-corrected chi connectivity index (χ4v) is 3.98. The highest BCUT2D eigenvalue weighted by Gasteiger charge is 2.59. The molecule has 122 valence electrons. The van der Waals surface area contributed by atoms with Crippen LogP contribution in [0.5, 0.6) is 0 Å². The Morgan fingerprint density at radius 2 is 2.13 bits per heavy atom. The van der Waals surface area contributed by atoms with E-state index in [2.05, 4.69) is 0 Å². The lowest BCUT2D eigenvalue weighted by molar-refractivity contribution is -0.146. The SMILES string of the molecule is CC[C@@]1(C(F)F)C[C@H]2CCC(c3cc(F)cc(C#N)c3)N2C1=O. The number of hydrogen-bond acceptors (Lipinski definition) is 2. The number of amides is 1. The van der Waals surface area contributed by atoms with Crippen molar-refractivity contribution < 1.29 is 18.0 Å². The van der Waals surface area contributed by atoms with E-state index in [-0.39, 0.29) is 24.4 Å². The third kappa shape index (κ3) is 2.30. The van der Waals surface area contributed by atoms with Gasteiger partial charge in [0.15, 0.2) is 0 Å². The summed E-state index contributed by atoms with van der Waals surface area (Å²) in [5.41, 5.74) is -0.932. The molecule has 1 amide bonds. The van der Waals surface area contributed by atoms with Crippen LogP contribution >= 0.6 is 0 Å². The highest BCUT2D eigenvalue weighted by atomic mass is 19.3. The summed E-state index contributed by atoms with van der Waals surface area (Å²) < 4.78 is 40.7. The lowest BCUT2D eigenvalue weighted by Gasteiger charge is -2.29. The number of nitrogens with zero attached hydrogens (tertiary/aromatic N) is 2. The van der Waals surface area contributed by atoms with Gasteiger partial charge in [-0.05, 0) is 49.4 Å². The number of rotatable bonds is 3. The molecule has 0 radical (unpaired) electrons. The summed E-state index contributed by atoms with van der Waals surface area (Å²) in [5.74, 6) is -1.09. The monoisotopic (exact) mass is 322 g/mol. The standard InChI is InChI=1S/C17H17F3N2O/c1-2-17(15(19)20)8-13-3-4-14(22(13)16(17)23)11-5-10(9-21)6-12(18)7-11/h5-7,13-15H,2-4,8H2,1H3/t13-,14?,17+/m1/s1. The van der Waals surface area contributed by atoms with Crippen molar-refractivity contribution in [3.05, 3.63) is 35.1 Å². The second kappa shape index (κ2) is 5.55. The van der Waals surface area contributed by atoms with Crippen molar-refractivity contribution in [2.45, 2.75) is 51.1 Å². The summed E-state index contributed by atoms with van der Waals surface area (Å²) in [6.07, 6.45) is -1.22. The van der Waals surface area contributed by atoms with E-state index in [1.165, 1.54) is 17.0 Å². The number of carbonyl (C=O) groups is 1. The van der Waals surface area contributed by atoms with E-state index in [1.54, 1.807) is 6.92 Å². The van der Waals surface area contributed by atoms with Crippen LogP contribution in [0.1, 0.15) is 49.8 Å². The molecule has 1 unspecified atom stereocenters. The van der Waals surface area contributed by atoms with Crippen molar-refractivity contribution in [3.63, 3.8) is 0 Å². The second-order valence-corrected chi connectivity index (χ2v) is 6.36. The molecule has 2 aliphatic rings. The average Bonchev–Trinajstić information content (AvgIpc) is 3.05. The molecular weight excluding hydrogens is 305 g/mol. The molecule has 1 aromatic rings. The fourth-order valence-electron chi connectivity index (χ4n) is 3.98. The smallest absolute Gasteiger partial charge is 0.252 e. The summed E-state index contributed by atoms with van der Waals surface area (Å²) >= 11 is 0. The number of fused-ring (bicyclic) bond motifs is 1. The Hall–Kier alpha value is -2.03. The van der Waals surface area contributed by atoms with Gasteiger partial charge in [-0.1, -0.05) is 6.92 Å². The van der Waals surface area contributed by atoms with Gasteiger partial charge in [-0.3, -0.25) is 4.79 Å². The van der Waals surface area contributed by atoms with Crippen LogP contribution in [0.25, 0.3) is 0 Å². The minimum absolute atomic E-state index is 0.0931. The van der Waals surface area contributed by atoms with Gasteiger partial charge in [0.2, 0.25) is 5.91 Å². The van der Waals surface area contributed by atoms with Crippen molar-refractivity contribution in [2.75, 3.05) is 0 Å². The normalized spacial score (nSPS) is 29.9. The Morgan fingerprint density at radius 1 is 1.39 bits per heavy atom. The summed E-state index contributed by atoms with van der Waals surface area (Å²) in [6.45, 7) is 1.61. The maximum atomic E-state index is 13.7. The van der Waals surface area contributed by atoms with Gasteiger partial charge in [-0.15, -0.1) is 0 Å². The zero-order valence-electron chi connectivity index (χ0n) is 12.7.